The van der Waals surface area contributed by atoms with E-state index in [-0.39, 0.29) is 18.7 Å². The number of nitrogens with zero attached hydrogens (tertiary/aromatic N) is 2. The third-order valence-corrected chi connectivity index (χ3v) is 12.1. The fraction of sp³-hybridized carbons (Fsp3) is 0.196. The van der Waals surface area contributed by atoms with E-state index in [1.807, 2.05) is 71.4 Å². The molecule has 7 aromatic rings. The van der Waals surface area contributed by atoms with Crippen molar-refractivity contribution in [1.29, 1.82) is 5.26 Å². The quantitative estimate of drug-likeness (QED) is 0.0659. The predicted octanol–water partition coefficient (Wildman–Crippen LogP) is 14.3. The highest BCUT2D eigenvalue weighted by Gasteiger charge is 2.47. The molecule has 0 radical (unpaired) electrons. The molecule has 0 bridgehead atoms. The van der Waals surface area contributed by atoms with Crippen molar-refractivity contribution in [3.8, 4) is 6.07 Å². The van der Waals surface area contributed by atoms with Crippen LogP contribution in [0, 0.1) is 11.3 Å². The van der Waals surface area contributed by atoms with E-state index in [2.05, 4.69) is 6.07 Å². The van der Waals surface area contributed by atoms with Gasteiger partial charge in [-0.2, -0.15) is 137 Å². The van der Waals surface area contributed by atoms with Crippen molar-refractivity contribution < 1.29 is 115 Å². The van der Waals surface area contributed by atoms with Gasteiger partial charge in [0.1, 0.15) is 12.6 Å². The number of ketones is 1. The number of benzene rings is 6. The Morgan fingerprint density at radius 1 is 0.392 bits per heavy atom. The fourth-order valence-electron chi connectivity index (χ4n) is 8.68. The van der Waals surface area contributed by atoms with Gasteiger partial charge in [-0.3, -0.25) is 4.79 Å². The Labute approximate surface area is 427 Å². The number of hydrogen-bond acceptors (Lipinski definition) is 2. The number of pyridine rings is 1. The summed E-state index contributed by atoms with van der Waals surface area (Å²) in [6, 6.07) is 12.5. The molecule has 0 N–H and O–H groups in total. The molecule has 79 heavy (non-hydrogen) atoms. The topological polar surface area (TPSA) is 44.7 Å². The van der Waals surface area contributed by atoms with Gasteiger partial charge >= 0.3 is 49.4 Å². The maximum atomic E-state index is 14.2. The molecule has 1 aromatic heterocycles. The number of nitriles is 1. The van der Waals surface area contributed by atoms with Gasteiger partial charge in [-0.05, 0) is 35.7 Å². The summed E-state index contributed by atoms with van der Waals surface area (Å²) in [6.45, 7) is 0.242. The SMILES string of the molecule is FC(F)(F)c1cc([B-](c2cc(C(F)(F)F)cc(C(F)(F)F)c2)(c2cc(C(F)(F)F)cc(C(F)(F)F)c2)c2cc(C(F)(F)F)cc(C(F)(F)F)c2)cc(C(F)(F)F)c1.N#CCc1c2ccccc2cc[n+]1CC(=O)c1ccccc1. The molecule has 0 atom stereocenters. The summed E-state index contributed by atoms with van der Waals surface area (Å²) in [4.78, 5) is 12.4. The van der Waals surface area contributed by atoms with Crippen LogP contribution >= 0.6 is 0 Å². The molecule has 0 unspecified atom stereocenters. The smallest absolute Gasteiger partial charge is 0.287 e. The van der Waals surface area contributed by atoms with E-state index >= 15 is 0 Å². The van der Waals surface area contributed by atoms with Crippen molar-refractivity contribution in [2.75, 3.05) is 0 Å². The largest absolute Gasteiger partial charge is 0.416 e. The molecule has 0 amide bonds. The minimum atomic E-state index is -6.13. The number of fused-ring (bicyclic) bond motifs is 1. The average Bonchev–Trinajstić information content (AvgIpc) is 3.55. The zero-order valence-corrected chi connectivity index (χ0v) is 38.6. The van der Waals surface area contributed by atoms with Crippen LogP contribution in [0.3, 0.4) is 0 Å². The lowest BCUT2D eigenvalue weighted by Crippen LogP contribution is -2.75. The first-order valence-electron chi connectivity index (χ1n) is 21.8. The first-order valence-corrected chi connectivity index (χ1v) is 21.8. The van der Waals surface area contributed by atoms with Crippen LogP contribution in [0.15, 0.2) is 140 Å². The van der Waals surface area contributed by atoms with Crippen molar-refractivity contribution in [3.05, 3.63) is 195 Å². The number of alkyl halides is 24. The first kappa shape index (κ1) is 60.5. The van der Waals surface area contributed by atoms with Gasteiger partial charge in [0, 0.05) is 11.6 Å². The molecular weight excluding hydrogens is 1120 g/mol. The third-order valence-electron chi connectivity index (χ3n) is 12.1. The van der Waals surface area contributed by atoms with Crippen LogP contribution in [0.25, 0.3) is 10.8 Å². The van der Waals surface area contributed by atoms with E-state index < -0.39 is 195 Å². The molecule has 0 aliphatic rings. The molecule has 7 rings (SSSR count). The summed E-state index contributed by atoms with van der Waals surface area (Å²) >= 11 is 0. The lowest BCUT2D eigenvalue weighted by Gasteiger charge is -2.46. The highest BCUT2D eigenvalue weighted by molar-refractivity contribution is 7.20. The number of halogens is 24. The minimum Gasteiger partial charge on any atom is -0.287 e. The van der Waals surface area contributed by atoms with Gasteiger partial charge in [-0.25, -0.2) is 0 Å². The maximum Gasteiger partial charge on any atom is 0.416 e. The van der Waals surface area contributed by atoms with Crippen LogP contribution in [0.1, 0.15) is 60.6 Å². The number of aromatic nitrogens is 1. The molecule has 0 aliphatic carbocycles. The fourth-order valence-corrected chi connectivity index (χ4v) is 8.68. The average molecular weight is 1150 g/mol. The number of rotatable bonds is 8. The third kappa shape index (κ3) is 13.6. The van der Waals surface area contributed by atoms with E-state index in [0.29, 0.717) is 5.56 Å². The molecule has 3 nitrogen and oxygen atoms in total. The molecule has 0 aliphatic heterocycles. The molecule has 0 fully saturated rings. The highest BCUT2D eigenvalue weighted by Crippen LogP contribution is 2.41. The van der Waals surface area contributed by atoms with E-state index in [4.69, 9.17) is 5.26 Å². The Kier molecular flexibility index (Phi) is 16.2. The van der Waals surface area contributed by atoms with Gasteiger partial charge in [0.05, 0.1) is 56.0 Å². The van der Waals surface area contributed by atoms with Gasteiger partial charge in [-0.15, -0.1) is 0 Å². The van der Waals surface area contributed by atoms with Crippen molar-refractivity contribution in [1.82, 2.24) is 0 Å². The van der Waals surface area contributed by atoms with Crippen LogP contribution in [0.5, 0.6) is 0 Å². The standard InChI is InChI=1S/C32H12BF24.C19H15N2O/c34-25(35,36)13-1-14(26(37,38)39)6-21(5-13)33(22-7-15(27(40,41)42)2-16(8-22)28(43,44)45,23-9-17(29(46,47)48)3-18(10-23)30(49,50)51)24-11-19(31(52,53)54)4-20(12-24)32(55,56)57;20-12-10-18-17-9-5-4-6-15(17)11-13-21(18)14-19(22)16-7-2-1-3-8-16/h1-12H;1-9,11,13H,10,14H2/q-1;+1. The zero-order valence-electron chi connectivity index (χ0n) is 38.6. The molecule has 6 aromatic carbocycles. The van der Waals surface area contributed by atoms with Crippen LogP contribution < -0.4 is 26.4 Å². The number of carbonyl (C=O) groups is 1. The van der Waals surface area contributed by atoms with Crippen molar-refractivity contribution in [3.63, 3.8) is 0 Å². The molecule has 0 saturated carbocycles. The lowest BCUT2D eigenvalue weighted by atomic mass is 9.12. The number of carbonyl (C=O) groups excluding carboxylic acids is 1. The van der Waals surface area contributed by atoms with E-state index in [1.54, 1.807) is 0 Å². The summed E-state index contributed by atoms with van der Waals surface area (Å²) in [7, 11) is 0. The zero-order chi connectivity index (χ0) is 59.3. The van der Waals surface area contributed by atoms with E-state index in [9.17, 15) is 110 Å². The second-order valence-electron chi connectivity index (χ2n) is 17.3. The van der Waals surface area contributed by atoms with Gasteiger partial charge in [-0.1, -0.05) is 97.1 Å². The maximum absolute atomic E-state index is 14.2. The Morgan fingerprint density at radius 3 is 0.949 bits per heavy atom. The number of Topliss-reactive ketones (excluding diaryl/α,β-unsaturated/α-hetero) is 1. The predicted molar refractivity (Wildman–Crippen MR) is 234 cm³/mol. The van der Waals surface area contributed by atoms with Crippen LogP contribution in [0.4, 0.5) is 105 Å². The van der Waals surface area contributed by atoms with E-state index in [1.165, 1.54) is 0 Å². The molecular formula is C51H27BF24N2O. The minimum absolute atomic E-state index is 0.0417. The molecule has 0 saturated heterocycles. The monoisotopic (exact) mass is 1150 g/mol. The van der Waals surface area contributed by atoms with Gasteiger partial charge in [0.2, 0.25) is 18.0 Å². The normalized spacial score (nSPS) is 13.2. The lowest BCUT2D eigenvalue weighted by molar-refractivity contribution is -0.688. The molecule has 418 valence electrons. The summed E-state index contributed by atoms with van der Waals surface area (Å²) in [5.41, 5.74) is -28.6. The molecule has 28 heteroatoms. The van der Waals surface area contributed by atoms with Gasteiger partial charge in [0.25, 0.3) is 0 Å². The van der Waals surface area contributed by atoms with Crippen LogP contribution in [-0.4, -0.2) is 11.9 Å². The summed E-state index contributed by atoms with van der Waals surface area (Å²) in [5.74, 6) is 0.0417. The van der Waals surface area contributed by atoms with Crippen LogP contribution in [-0.2, 0) is 62.4 Å². The summed E-state index contributed by atoms with van der Waals surface area (Å²) < 4.78 is 343. The second-order valence-corrected chi connectivity index (χ2v) is 17.3. The van der Waals surface area contributed by atoms with Crippen molar-refractivity contribution >= 4 is 44.6 Å². The van der Waals surface area contributed by atoms with Gasteiger partial charge in [0.15, 0.2) is 6.20 Å². The van der Waals surface area contributed by atoms with Crippen molar-refractivity contribution in [2.24, 2.45) is 0 Å². The summed E-state index contributed by atoms with van der Waals surface area (Å²) in [5, 5.41) is 11.2. The van der Waals surface area contributed by atoms with Gasteiger partial charge < -0.3 is 0 Å². The Bertz CT molecular complexity index is 2990. The number of hydrogen-bond donors (Lipinski definition) is 0. The Balaban J connectivity index is 0.000000378. The van der Waals surface area contributed by atoms with Crippen LogP contribution in [0.2, 0.25) is 0 Å². The Morgan fingerprint density at radius 2 is 0.671 bits per heavy atom. The second kappa shape index (κ2) is 21.2. The van der Waals surface area contributed by atoms with Crippen molar-refractivity contribution in [2.45, 2.75) is 62.4 Å². The first-order chi connectivity index (χ1) is 36.1. The molecule has 1 heterocycles. The van der Waals surface area contributed by atoms with E-state index in [0.717, 1.165) is 16.5 Å². The Hall–Kier alpha value is -7.73. The summed E-state index contributed by atoms with van der Waals surface area (Å²) in [6.07, 6.45) is -52.6. The highest BCUT2D eigenvalue weighted by atomic mass is 19.4. The molecule has 0 spiro atoms.